The number of rotatable bonds is 5. The van der Waals surface area contributed by atoms with Gasteiger partial charge >= 0.3 is 0 Å². The second-order valence-corrected chi connectivity index (χ2v) is 5.31. The lowest BCUT2D eigenvalue weighted by Crippen LogP contribution is -2.50. The summed E-state index contributed by atoms with van der Waals surface area (Å²) in [6.07, 6.45) is -0.138. The van der Waals surface area contributed by atoms with Crippen molar-refractivity contribution >= 4 is 11.6 Å². The molecule has 1 aromatic rings. The fourth-order valence-electron chi connectivity index (χ4n) is 2.16. The predicted octanol–water partition coefficient (Wildman–Crippen LogP) is 1.94. The van der Waals surface area contributed by atoms with E-state index in [1.54, 1.807) is 0 Å². The Bertz CT molecular complexity index is 446. The summed E-state index contributed by atoms with van der Waals surface area (Å²) in [5, 5.41) is 9.40. The Kier molecular flexibility index (Phi) is 5.60. The molecule has 2 atom stereocenters. The molecule has 1 N–H and O–H groups in total. The quantitative estimate of drug-likeness (QED) is 0.903. The van der Waals surface area contributed by atoms with Crippen LogP contribution in [0.1, 0.15) is 6.92 Å². The molecule has 1 fully saturated rings. The van der Waals surface area contributed by atoms with Crippen LogP contribution in [0.25, 0.3) is 0 Å². The van der Waals surface area contributed by atoms with Gasteiger partial charge in [0.25, 0.3) is 0 Å². The van der Waals surface area contributed by atoms with Crippen LogP contribution in [0.3, 0.4) is 0 Å². The molecule has 112 valence electrons. The fourth-order valence-corrected chi connectivity index (χ4v) is 2.38. The van der Waals surface area contributed by atoms with E-state index in [-0.39, 0.29) is 29.6 Å². The minimum absolute atomic E-state index is 0.0217. The Balaban J connectivity index is 1.82. The number of morpholine rings is 1. The monoisotopic (exact) mass is 303 g/mol. The number of halogens is 2. The van der Waals surface area contributed by atoms with E-state index in [2.05, 4.69) is 11.8 Å². The van der Waals surface area contributed by atoms with E-state index in [1.807, 2.05) is 0 Å². The summed E-state index contributed by atoms with van der Waals surface area (Å²) in [6.45, 7) is 4.52. The van der Waals surface area contributed by atoms with E-state index in [0.29, 0.717) is 32.1 Å². The van der Waals surface area contributed by atoms with Gasteiger partial charge in [0.2, 0.25) is 0 Å². The standard InChI is InChI=1S/C14H19ClFNO3/c1-10-9-20-12(8-18)7-17(10)4-5-19-14-3-2-11(16)6-13(14)15/h2-3,6,10,12,18H,4-5,7-9H2,1H3. The number of aliphatic hydroxyl groups is 1. The van der Waals surface area contributed by atoms with Gasteiger partial charge in [-0.3, -0.25) is 4.90 Å². The third kappa shape index (κ3) is 4.06. The third-order valence-electron chi connectivity index (χ3n) is 3.37. The van der Waals surface area contributed by atoms with Crippen LogP contribution in [0, 0.1) is 5.82 Å². The topological polar surface area (TPSA) is 41.9 Å². The summed E-state index contributed by atoms with van der Waals surface area (Å²) in [6, 6.07) is 4.36. The van der Waals surface area contributed by atoms with Crippen molar-refractivity contribution in [2.24, 2.45) is 0 Å². The van der Waals surface area contributed by atoms with Crippen molar-refractivity contribution in [1.82, 2.24) is 4.90 Å². The van der Waals surface area contributed by atoms with Crippen molar-refractivity contribution < 1.29 is 19.0 Å². The molecule has 0 amide bonds. The van der Waals surface area contributed by atoms with Crippen LogP contribution in [0.2, 0.25) is 5.02 Å². The van der Waals surface area contributed by atoms with Crippen LogP contribution >= 0.6 is 11.6 Å². The SMILES string of the molecule is CC1COC(CO)CN1CCOc1ccc(F)cc1Cl. The molecule has 0 saturated carbocycles. The van der Waals surface area contributed by atoms with Gasteiger partial charge in [0, 0.05) is 19.1 Å². The molecule has 1 aliphatic heterocycles. The summed E-state index contributed by atoms with van der Waals surface area (Å²) >= 11 is 5.89. The molecule has 0 radical (unpaired) electrons. The minimum Gasteiger partial charge on any atom is -0.491 e. The second-order valence-electron chi connectivity index (χ2n) is 4.91. The number of nitrogens with zero attached hydrogens (tertiary/aromatic N) is 1. The van der Waals surface area contributed by atoms with Crippen LogP contribution < -0.4 is 4.74 Å². The predicted molar refractivity (Wildman–Crippen MR) is 74.8 cm³/mol. The lowest BCUT2D eigenvalue weighted by molar-refractivity contribution is -0.0798. The molecule has 4 nitrogen and oxygen atoms in total. The maximum atomic E-state index is 12.9. The molecule has 1 saturated heterocycles. The fraction of sp³-hybridized carbons (Fsp3) is 0.571. The number of hydrogen-bond donors (Lipinski definition) is 1. The van der Waals surface area contributed by atoms with Crippen LogP contribution in [0.15, 0.2) is 18.2 Å². The zero-order chi connectivity index (χ0) is 14.5. The molecular weight excluding hydrogens is 285 g/mol. The highest BCUT2D eigenvalue weighted by molar-refractivity contribution is 6.32. The van der Waals surface area contributed by atoms with Gasteiger partial charge in [-0.05, 0) is 25.1 Å². The van der Waals surface area contributed by atoms with E-state index in [0.717, 1.165) is 0 Å². The van der Waals surface area contributed by atoms with Gasteiger partial charge in [-0.2, -0.15) is 0 Å². The van der Waals surface area contributed by atoms with E-state index in [4.69, 9.17) is 26.2 Å². The average Bonchev–Trinajstić information content (AvgIpc) is 2.43. The molecule has 0 bridgehead atoms. The normalized spacial score (nSPS) is 23.8. The van der Waals surface area contributed by atoms with Crippen molar-refractivity contribution in [1.29, 1.82) is 0 Å². The summed E-state index contributed by atoms with van der Waals surface area (Å²) in [7, 11) is 0. The molecule has 2 rings (SSSR count). The first-order valence-corrected chi connectivity index (χ1v) is 7.02. The summed E-state index contributed by atoms with van der Waals surface area (Å²) in [5.41, 5.74) is 0. The summed E-state index contributed by atoms with van der Waals surface area (Å²) < 4.78 is 23.9. The first-order valence-electron chi connectivity index (χ1n) is 6.64. The molecule has 0 spiro atoms. The molecule has 1 heterocycles. The summed E-state index contributed by atoms with van der Waals surface area (Å²) in [4.78, 5) is 2.20. The van der Waals surface area contributed by atoms with E-state index < -0.39 is 0 Å². The highest BCUT2D eigenvalue weighted by atomic mass is 35.5. The molecular formula is C14H19ClFNO3. The van der Waals surface area contributed by atoms with Crippen molar-refractivity contribution in [2.75, 3.05) is 32.9 Å². The maximum absolute atomic E-state index is 12.9. The zero-order valence-electron chi connectivity index (χ0n) is 11.4. The van der Waals surface area contributed by atoms with Crippen molar-refractivity contribution in [3.63, 3.8) is 0 Å². The van der Waals surface area contributed by atoms with Crippen LogP contribution in [-0.4, -0.2) is 55.1 Å². The Hall–Kier alpha value is -0.880. The van der Waals surface area contributed by atoms with Gasteiger partial charge in [0.1, 0.15) is 18.2 Å². The first kappa shape index (κ1) is 15.5. The zero-order valence-corrected chi connectivity index (χ0v) is 12.1. The molecule has 1 aliphatic rings. The van der Waals surface area contributed by atoms with E-state index in [1.165, 1.54) is 18.2 Å². The lowest BCUT2D eigenvalue weighted by Gasteiger charge is -2.37. The highest BCUT2D eigenvalue weighted by Gasteiger charge is 2.25. The number of benzene rings is 1. The molecule has 2 unspecified atom stereocenters. The van der Waals surface area contributed by atoms with Gasteiger partial charge < -0.3 is 14.6 Å². The van der Waals surface area contributed by atoms with Gasteiger partial charge in [0.05, 0.1) is 24.3 Å². The van der Waals surface area contributed by atoms with Crippen molar-refractivity contribution in [3.8, 4) is 5.75 Å². The highest BCUT2D eigenvalue weighted by Crippen LogP contribution is 2.24. The van der Waals surface area contributed by atoms with Crippen LogP contribution in [0.5, 0.6) is 5.75 Å². The average molecular weight is 304 g/mol. The third-order valence-corrected chi connectivity index (χ3v) is 3.66. The number of ether oxygens (including phenoxy) is 2. The molecule has 0 aromatic heterocycles. The maximum Gasteiger partial charge on any atom is 0.138 e. The van der Waals surface area contributed by atoms with Gasteiger partial charge in [-0.1, -0.05) is 11.6 Å². The second kappa shape index (κ2) is 7.22. The largest absolute Gasteiger partial charge is 0.491 e. The molecule has 0 aliphatic carbocycles. The number of aliphatic hydroxyl groups excluding tert-OH is 1. The Labute approximate surface area is 123 Å². The van der Waals surface area contributed by atoms with Crippen LogP contribution in [-0.2, 0) is 4.74 Å². The van der Waals surface area contributed by atoms with Crippen molar-refractivity contribution in [2.45, 2.75) is 19.1 Å². The minimum atomic E-state index is -0.380. The smallest absolute Gasteiger partial charge is 0.138 e. The van der Waals surface area contributed by atoms with Gasteiger partial charge in [-0.15, -0.1) is 0 Å². The molecule has 20 heavy (non-hydrogen) atoms. The van der Waals surface area contributed by atoms with Crippen LogP contribution in [0.4, 0.5) is 4.39 Å². The van der Waals surface area contributed by atoms with Gasteiger partial charge in [-0.25, -0.2) is 4.39 Å². The van der Waals surface area contributed by atoms with Crippen molar-refractivity contribution in [3.05, 3.63) is 29.0 Å². The number of hydrogen-bond acceptors (Lipinski definition) is 4. The summed E-state index contributed by atoms with van der Waals surface area (Å²) in [5.74, 6) is 0.0997. The molecule has 6 heteroatoms. The van der Waals surface area contributed by atoms with E-state index >= 15 is 0 Å². The Morgan fingerprint density at radius 1 is 1.55 bits per heavy atom. The lowest BCUT2D eigenvalue weighted by atomic mass is 10.2. The Morgan fingerprint density at radius 2 is 2.35 bits per heavy atom. The molecule has 1 aromatic carbocycles. The first-order chi connectivity index (χ1) is 9.60. The van der Waals surface area contributed by atoms with Gasteiger partial charge in [0.15, 0.2) is 0 Å². The van der Waals surface area contributed by atoms with E-state index in [9.17, 15) is 4.39 Å². The Morgan fingerprint density at radius 3 is 3.05 bits per heavy atom.